The highest BCUT2D eigenvalue weighted by atomic mass is 35.5. The van der Waals surface area contributed by atoms with E-state index in [-0.39, 0.29) is 5.96 Å². The van der Waals surface area contributed by atoms with Crippen molar-refractivity contribution in [3.8, 4) is 0 Å². The van der Waals surface area contributed by atoms with Gasteiger partial charge in [0.1, 0.15) is 0 Å². The molecular weight excluding hydrogens is 236 g/mol. The van der Waals surface area contributed by atoms with Crippen LogP contribution in [0.25, 0.3) is 0 Å². The van der Waals surface area contributed by atoms with Crippen LogP contribution in [-0.4, -0.2) is 41.9 Å². The second-order valence-corrected chi connectivity index (χ2v) is 4.71. The summed E-state index contributed by atoms with van der Waals surface area (Å²) in [7, 11) is 0. The summed E-state index contributed by atoms with van der Waals surface area (Å²) in [4.78, 5) is 4.25. The van der Waals surface area contributed by atoms with Gasteiger partial charge in [-0.2, -0.15) is 0 Å². The summed E-state index contributed by atoms with van der Waals surface area (Å²) in [5.74, 6) is 0.174. The van der Waals surface area contributed by atoms with E-state index in [0.717, 1.165) is 37.7 Å². The largest absolute Gasteiger partial charge is 0.370 e. The molecule has 0 saturated carbocycles. The number of rotatable bonds is 2. The molecule has 1 fully saturated rings. The molecule has 1 aliphatic heterocycles. The van der Waals surface area contributed by atoms with Crippen LogP contribution in [0.1, 0.15) is 5.56 Å². The van der Waals surface area contributed by atoms with Crippen LogP contribution >= 0.6 is 11.6 Å². The van der Waals surface area contributed by atoms with E-state index in [1.54, 1.807) is 0 Å². The molecule has 5 heteroatoms. The van der Waals surface area contributed by atoms with Crippen LogP contribution in [0.15, 0.2) is 24.3 Å². The Morgan fingerprint density at radius 3 is 2.59 bits per heavy atom. The average molecular weight is 253 g/mol. The van der Waals surface area contributed by atoms with Gasteiger partial charge in [-0.05, 0) is 17.7 Å². The van der Waals surface area contributed by atoms with E-state index >= 15 is 0 Å². The van der Waals surface area contributed by atoms with E-state index in [0.29, 0.717) is 0 Å². The highest BCUT2D eigenvalue weighted by molar-refractivity contribution is 6.30. The molecule has 4 nitrogen and oxygen atoms in total. The minimum absolute atomic E-state index is 0.174. The zero-order valence-electron chi connectivity index (χ0n) is 9.69. The van der Waals surface area contributed by atoms with E-state index < -0.39 is 0 Å². The molecule has 1 aromatic rings. The number of halogens is 1. The summed E-state index contributed by atoms with van der Waals surface area (Å²) in [6.45, 7) is 4.44. The summed E-state index contributed by atoms with van der Waals surface area (Å²) >= 11 is 5.96. The standard InChI is InChI=1S/C12H17ClN4/c13-11-3-1-2-10(8-11)9-16-4-6-17(7-5-16)12(14)15/h1-3,8H,4-7,9H2,(H3,14,15). The first-order valence-electron chi connectivity index (χ1n) is 5.71. The van der Waals surface area contributed by atoms with Crippen LogP contribution < -0.4 is 5.73 Å². The number of guanidine groups is 1. The van der Waals surface area contributed by atoms with Crippen molar-refractivity contribution in [2.45, 2.75) is 6.54 Å². The maximum absolute atomic E-state index is 7.37. The fraction of sp³-hybridized carbons (Fsp3) is 0.417. The molecule has 92 valence electrons. The maximum atomic E-state index is 7.37. The Morgan fingerprint density at radius 1 is 1.29 bits per heavy atom. The molecule has 17 heavy (non-hydrogen) atoms. The monoisotopic (exact) mass is 252 g/mol. The molecule has 0 aromatic heterocycles. The van der Waals surface area contributed by atoms with E-state index in [4.69, 9.17) is 22.7 Å². The molecule has 3 N–H and O–H groups in total. The van der Waals surface area contributed by atoms with Crippen LogP contribution in [0, 0.1) is 5.41 Å². The first kappa shape index (κ1) is 12.2. The average Bonchev–Trinajstić information content (AvgIpc) is 2.29. The minimum atomic E-state index is 0.174. The molecule has 0 aliphatic carbocycles. The third-order valence-electron chi connectivity index (χ3n) is 3.01. The Kier molecular flexibility index (Phi) is 3.86. The van der Waals surface area contributed by atoms with Crippen molar-refractivity contribution < 1.29 is 0 Å². The molecule has 0 radical (unpaired) electrons. The number of nitrogens with one attached hydrogen (secondary N) is 1. The van der Waals surface area contributed by atoms with Gasteiger partial charge in [-0.3, -0.25) is 10.3 Å². The molecule has 1 saturated heterocycles. The molecule has 1 heterocycles. The molecule has 0 atom stereocenters. The van der Waals surface area contributed by atoms with Crippen LogP contribution in [0.3, 0.4) is 0 Å². The number of nitrogens with zero attached hydrogens (tertiary/aromatic N) is 2. The molecule has 0 unspecified atom stereocenters. The highest BCUT2D eigenvalue weighted by Crippen LogP contribution is 2.13. The van der Waals surface area contributed by atoms with Crippen LogP contribution in [0.5, 0.6) is 0 Å². The number of hydrogen-bond acceptors (Lipinski definition) is 2. The number of piperazine rings is 1. The number of hydrogen-bond donors (Lipinski definition) is 2. The molecular formula is C12H17ClN4. The second kappa shape index (κ2) is 5.38. The Morgan fingerprint density at radius 2 is 2.00 bits per heavy atom. The Bertz CT molecular complexity index is 399. The molecule has 1 aliphatic rings. The topological polar surface area (TPSA) is 56.4 Å². The summed E-state index contributed by atoms with van der Waals surface area (Å²) in [5, 5.41) is 8.15. The van der Waals surface area contributed by atoms with E-state index in [1.165, 1.54) is 5.56 Å². The summed E-state index contributed by atoms with van der Waals surface area (Å²) in [6, 6.07) is 7.95. The van der Waals surface area contributed by atoms with Gasteiger partial charge >= 0.3 is 0 Å². The van der Waals surface area contributed by atoms with Crippen molar-refractivity contribution >= 4 is 17.6 Å². The summed E-state index contributed by atoms with van der Waals surface area (Å²) in [6.07, 6.45) is 0. The predicted molar refractivity (Wildman–Crippen MR) is 70.2 cm³/mol. The van der Waals surface area contributed by atoms with Gasteiger partial charge in [-0.25, -0.2) is 0 Å². The van der Waals surface area contributed by atoms with Crippen LogP contribution in [0.2, 0.25) is 5.02 Å². The lowest BCUT2D eigenvalue weighted by Crippen LogP contribution is -2.50. The predicted octanol–water partition coefficient (Wildman–Crippen LogP) is 1.35. The van der Waals surface area contributed by atoms with Gasteiger partial charge < -0.3 is 10.6 Å². The van der Waals surface area contributed by atoms with Gasteiger partial charge in [0.2, 0.25) is 0 Å². The molecule has 0 bridgehead atoms. The van der Waals surface area contributed by atoms with Gasteiger partial charge in [0.15, 0.2) is 5.96 Å². The van der Waals surface area contributed by atoms with Crippen LogP contribution in [0.4, 0.5) is 0 Å². The van der Waals surface area contributed by atoms with Crippen molar-refractivity contribution in [1.82, 2.24) is 9.80 Å². The Hall–Kier alpha value is -1.26. The van der Waals surface area contributed by atoms with Crippen molar-refractivity contribution in [2.75, 3.05) is 26.2 Å². The molecule has 2 rings (SSSR count). The van der Waals surface area contributed by atoms with Gasteiger partial charge in [0.05, 0.1) is 0 Å². The summed E-state index contributed by atoms with van der Waals surface area (Å²) in [5.41, 5.74) is 6.69. The third kappa shape index (κ3) is 3.35. The SMILES string of the molecule is N=C(N)N1CCN(Cc2cccc(Cl)c2)CC1. The lowest BCUT2D eigenvalue weighted by atomic mass is 10.2. The minimum Gasteiger partial charge on any atom is -0.370 e. The Labute approximate surface area is 106 Å². The number of benzene rings is 1. The lowest BCUT2D eigenvalue weighted by molar-refractivity contribution is 0.174. The van der Waals surface area contributed by atoms with Gasteiger partial charge in [-0.15, -0.1) is 0 Å². The van der Waals surface area contributed by atoms with Crippen LogP contribution in [-0.2, 0) is 6.54 Å². The quantitative estimate of drug-likeness (QED) is 0.617. The molecule has 0 spiro atoms. The zero-order valence-corrected chi connectivity index (χ0v) is 10.5. The molecule has 0 amide bonds. The smallest absolute Gasteiger partial charge is 0.188 e. The first-order chi connectivity index (χ1) is 8.15. The Balaban J connectivity index is 1.88. The molecule has 1 aromatic carbocycles. The van der Waals surface area contributed by atoms with Gasteiger partial charge in [0.25, 0.3) is 0 Å². The van der Waals surface area contributed by atoms with Gasteiger partial charge in [0, 0.05) is 37.7 Å². The number of nitrogens with two attached hydrogens (primary N) is 1. The first-order valence-corrected chi connectivity index (χ1v) is 6.09. The highest BCUT2D eigenvalue weighted by Gasteiger charge is 2.17. The fourth-order valence-electron chi connectivity index (χ4n) is 2.04. The normalized spacial score (nSPS) is 17.1. The van der Waals surface area contributed by atoms with E-state index in [1.807, 2.05) is 23.1 Å². The van der Waals surface area contributed by atoms with Gasteiger partial charge in [-0.1, -0.05) is 23.7 Å². The van der Waals surface area contributed by atoms with Crippen molar-refractivity contribution in [3.05, 3.63) is 34.9 Å². The maximum Gasteiger partial charge on any atom is 0.188 e. The zero-order chi connectivity index (χ0) is 12.3. The fourth-order valence-corrected chi connectivity index (χ4v) is 2.25. The summed E-state index contributed by atoms with van der Waals surface area (Å²) < 4.78 is 0. The van der Waals surface area contributed by atoms with E-state index in [9.17, 15) is 0 Å². The van der Waals surface area contributed by atoms with E-state index in [2.05, 4.69) is 11.0 Å². The van der Waals surface area contributed by atoms with Crippen molar-refractivity contribution in [2.24, 2.45) is 5.73 Å². The third-order valence-corrected chi connectivity index (χ3v) is 3.24. The van der Waals surface area contributed by atoms with Crippen molar-refractivity contribution in [1.29, 1.82) is 5.41 Å². The second-order valence-electron chi connectivity index (χ2n) is 4.28. The van der Waals surface area contributed by atoms with Crippen molar-refractivity contribution in [3.63, 3.8) is 0 Å². The lowest BCUT2D eigenvalue weighted by Gasteiger charge is -2.34.